The number of rotatable bonds is 13. The van der Waals surface area contributed by atoms with Gasteiger partial charge in [0.1, 0.15) is 77.9 Å². The van der Waals surface area contributed by atoms with Gasteiger partial charge in [0.2, 0.25) is 17.5 Å². The molecule has 4 aromatic rings. The highest BCUT2D eigenvalue weighted by Crippen LogP contribution is 2.39. The zero-order valence-corrected chi connectivity index (χ0v) is 29.5. The highest BCUT2D eigenvalue weighted by atomic mass is 16.7. The number of aromatic hydroxyl groups is 5. The lowest BCUT2D eigenvalue weighted by molar-refractivity contribution is -0.268. The third-order valence-electron chi connectivity index (χ3n) is 8.89. The van der Waals surface area contributed by atoms with Crippen molar-refractivity contribution in [3.05, 3.63) is 70.4 Å². The van der Waals surface area contributed by atoms with Crippen LogP contribution < -0.4 is 14.9 Å². The van der Waals surface area contributed by atoms with Crippen LogP contribution in [0.15, 0.2) is 63.8 Å². The van der Waals surface area contributed by atoms with Crippen LogP contribution in [0.2, 0.25) is 0 Å². The van der Waals surface area contributed by atoms with Crippen molar-refractivity contribution < 1.29 is 89.4 Å². The highest BCUT2D eigenvalue weighted by Gasteiger charge is 2.43. The van der Waals surface area contributed by atoms with Crippen molar-refractivity contribution in [3.63, 3.8) is 0 Å². The summed E-state index contributed by atoms with van der Waals surface area (Å²) in [6, 6.07) is 9.06. The summed E-state index contributed by atoms with van der Waals surface area (Å²) in [4.78, 5) is 26.1. The van der Waals surface area contributed by atoms with Crippen molar-refractivity contribution in [2.24, 2.45) is 0 Å². The van der Waals surface area contributed by atoms with E-state index in [9.17, 15) is 70.9 Å². The van der Waals surface area contributed by atoms with Crippen molar-refractivity contribution in [1.29, 1.82) is 0 Å². The number of benzene rings is 3. The summed E-state index contributed by atoms with van der Waals surface area (Å²) < 4.78 is 27.6. The number of carbonyl (C=O) groups excluding carboxylic acids is 1. The van der Waals surface area contributed by atoms with Crippen LogP contribution in [0.4, 0.5) is 0 Å². The summed E-state index contributed by atoms with van der Waals surface area (Å²) in [5, 5.41) is 123. The Balaban J connectivity index is 1.36. The average Bonchev–Trinajstić information content (AvgIpc) is 3.16. The Labute approximate surface area is 315 Å². The van der Waals surface area contributed by atoms with Gasteiger partial charge in [0.25, 0.3) is 0 Å². The molecule has 1 fully saturated rings. The number of hydrogen-bond acceptors (Lipinski definition) is 19. The van der Waals surface area contributed by atoms with E-state index in [1.165, 1.54) is 38.1 Å². The van der Waals surface area contributed by atoms with E-state index in [0.29, 0.717) is 5.56 Å². The van der Waals surface area contributed by atoms with Gasteiger partial charge in [0.15, 0.2) is 28.8 Å². The third-order valence-corrected chi connectivity index (χ3v) is 8.89. The first kappa shape index (κ1) is 41.5. The van der Waals surface area contributed by atoms with E-state index in [1.807, 2.05) is 0 Å². The van der Waals surface area contributed by atoms with Crippen LogP contribution in [-0.2, 0) is 14.3 Å². The lowest BCUT2D eigenvalue weighted by atomic mass is 10.00. The Hall–Kier alpha value is -5.64. The molecule has 19 nitrogen and oxygen atoms in total. The molecule has 0 saturated carbocycles. The Morgan fingerprint density at radius 1 is 0.804 bits per heavy atom. The number of phenols is 5. The molecule has 3 aromatic carbocycles. The number of aliphatic hydroxyl groups excluding tert-OH is 7. The van der Waals surface area contributed by atoms with Crippen molar-refractivity contribution in [1.82, 2.24) is 0 Å². The summed E-state index contributed by atoms with van der Waals surface area (Å²) in [6.07, 6.45) is -15.1. The largest absolute Gasteiger partial charge is 0.507 e. The number of aliphatic hydroxyl groups is 7. The van der Waals surface area contributed by atoms with Gasteiger partial charge in [-0.3, -0.25) is 4.79 Å². The molecule has 0 amide bonds. The molecule has 1 saturated heterocycles. The van der Waals surface area contributed by atoms with E-state index in [-0.39, 0.29) is 22.6 Å². The standard InChI is InChI=1S/C37H40O19/c1-14(28(45)32(49)30(47)24(43)13-52-26(44)8-4-16-3-6-19(38)21(40)9-16)53-36-31(48)27-23(42)11-18(55-37-34(51)33(50)29(46)15(2)54-37)12-25(27)56-35(36)17-5-7-20(39)22(41)10-17/h3-12,14-15,24,28-30,32-34,37-43,45-47,49-51H,13H2,1-2H3/b8-4+/t14-,15?,24?,28?,29+,30-,32?,33?,34?,37+/m1/s1. The monoisotopic (exact) mass is 788 g/mol. The predicted molar refractivity (Wildman–Crippen MR) is 190 cm³/mol. The molecule has 0 spiro atoms. The van der Waals surface area contributed by atoms with Crippen LogP contribution in [0.25, 0.3) is 28.4 Å². The average molecular weight is 789 g/mol. The second kappa shape index (κ2) is 17.0. The third kappa shape index (κ3) is 8.91. The molecule has 1 aliphatic heterocycles. The number of esters is 1. The summed E-state index contributed by atoms with van der Waals surface area (Å²) in [5.74, 6) is -5.11. The minimum Gasteiger partial charge on any atom is -0.507 e. The number of ether oxygens (including phenoxy) is 4. The quantitative estimate of drug-likeness (QED) is 0.0468. The van der Waals surface area contributed by atoms with Crippen molar-refractivity contribution in [3.8, 4) is 51.6 Å². The van der Waals surface area contributed by atoms with Crippen LogP contribution in [0, 0.1) is 0 Å². The summed E-state index contributed by atoms with van der Waals surface area (Å²) in [7, 11) is 0. The van der Waals surface area contributed by atoms with Gasteiger partial charge in [0.05, 0.1) is 6.10 Å². The van der Waals surface area contributed by atoms with Crippen LogP contribution in [-0.4, -0.2) is 135 Å². The molecule has 0 radical (unpaired) electrons. The van der Waals surface area contributed by atoms with Gasteiger partial charge in [-0.2, -0.15) is 0 Å². The van der Waals surface area contributed by atoms with Crippen molar-refractivity contribution >= 4 is 23.0 Å². The topological polar surface area (TPSA) is 327 Å². The fourth-order valence-corrected chi connectivity index (χ4v) is 5.62. The van der Waals surface area contributed by atoms with Gasteiger partial charge in [-0.05, 0) is 55.8 Å². The molecule has 5 rings (SSSR count). The molecular formula is C37H40O19. The molecule has 2 heterocycles. The minimum atomic E-state index is -2.18. The van der Waals surface area contributed by atoms with Crippen molar-refractivity contribution in [2.75, 3.05) is 6.61 Å². The minimum absolute atomic E-state index is 0.0761. The van der Waals surface area contributed by atoms with E-state index in [2.05, 4.69) is 0 Å². The predicted octanol–water partition coefficient (Wildman–Crippen LogP) is -0.338. The number of carbonyl (C=O) groups is 1. The van der Waals surface area contributed by atoms with Gasteiger partial charge < -0.3 is 84.6 Å². The van der Waals surface area contributed by atoms with E-state index in [4.69, 9.17) is 23.4 Å². The Bertz CT molecular complexity index is 2130. The smallest absolute Gasteiger partial charge is 0.330 e. The maximum Gasteiger partial charge on any atom is 0.330 e. The second-order valence-electron chi connectivity index (χ2n) is 13.0. The molecule has 10 atom stereocenters. The fraction of sp³-hybridized carbons (Fsp3) is 0.351. The molecule has 0 bridgehead atoms. The first-order valence-corrected chi connectivity index (χ1v) is 16.9. The Morgan fingerprint density at radius 3 is 2.12 bits per heavy atom. The molecule has 0 aliphatic carbocycles. The number of phenolic OH excluding ortho intramolecular Hbond substituents is 5. The lowest BCUT2D eigenvalue weighted by Gasteiger charge is -2.38. The van der Waals surface area contributed by atoms with Gasteiger partial charge >= 0.3 is 5.97 Å². The number of fused-ring (bicyclic) bond motifs is 1. The van der Waals surface area contributed by atoms with Crippen LogP contribution in [0.3, 0.4) is 0 Å². The molecule has 6 unspecified atom stereocenters. The van der Waals surface area contributed by atoms with Crippen molar-refractivity contribution in [2.45, 2.75) is 75.1 Å². The van der Waals surface area contributed by atoms with E-state index < -0.39 is 119 Å². The van der Waals surface area contributed by atoms with Gasteiger partial charge in [-0.15, -0.1) is 0 Å². The zero-order chi connectivity index (χ0) is 41.2. The van der Waals surface area contributed by atoms with E-state index in [1.54, 1.807) is 0 Å². The first-order valence-electron chi connectivity index (χ1n) is 16.9. The normalized spacial score (nSPS) is 22.6. The zero-order valence-electron chi connectivity index (χ0n) is 29.5. The number of hydrogen-bond donors (Lipinski definition) is 12. The summed E-state index contributed by atoms with van der Waals surface area (Å²) >= 11 is 0. The van der Waals surface area contributed by atoms with Crippen LogP contribution in [0.1, 0.15) is 19.4 Å². The van der Waals surface area contributed by atoms with Gasteiger partial charge in [0, 0.05) is 23.8 Å². The Morgan fingerprint density at radius 2 is 1.46 bits per heavy atom. The first-order chi connectivity index (χ1) is 26.4. The summed E-state index contributed by atoms with van der Waals surface area (Å²) in [5.41, 5.74) is -1.17. The molecule has 302 valence electrons. The van der Waals surface area contributed by atoms with E-state index >= 15 is 0 Å². The van der Waals surface area contributed by atoms with Gasteiger partial charge in [-0.1, -0.05) is 6.07 Å². The molecule has 1 aromatic heterocycles. The van der Waals surface area contributed by atoms with Gasteiger partial charge in [-0.25, -0.2) is 4.79 Å². The molecule has 56 heavy (non-hydrogen) atoms. The molecule has 19 heteroatoms. The lowest BCUT2D eigenvalue weighted by Crippen LogP contribution is -2.58. The maximum absolute atomic E-state index is 13.9. The van der Waals surface area contributed by atoms with Crippen LogP contribution >= 0.6 is 0 Å². The second-order valence-corrected chi connectivity index (χ2v) is 13.0. The SMILES string of the molecule is CC1O[C@@H](Oc2cc(O)c3c(=O)c(O[C@H](C)C(O)C(O)[C@H](O)C(O)COC(=O)/C=C/c4ccc(O)c(O)c4)c(-c4ccc(O)c(O)c4)oc3c2)C(O)C(O)[C@H]1O. The van der Waals surface area contributed by atoms with E-state index in [0.717, 1.165) is 36.4 Å². The highest BCUT2D eigenvalue weighted by molar-refractivity contribution is 5.89. The summed E-state index contributed by atoms with van der Waals surface area (Å²) in [6.45, 7) is 1.73. The molecular weight excluding hydrogens is 748 g/mol. The Kier molecular flexibility index (Phi) is 12.6. The molecule has 12 N–H and O–H groups in total. The van der Waals surface area contributed by atoms with Crippen LogP contribution in [0.5, 0.6) is 40.2 Å². The fourth-order valence-electron chi connectivity index (χ4n) is 5.62. The maximum atomic E-state index is 13.9. The molecule has 1 aliphatic rings.